The van der Waals surface area contributed by atoms with Gasteiger partial charge in [-0.1, -0.05) is 25.1 Å². The standard InChI is InChI=1S/C16H25N3O/c1-4-14(3)18-9-11-19(12-10-18)16(20)17-15-8-6-5-7-13(15)2/h5-8,14H,4,9-12H2,1-3H3,(H,17,20). The molecule has 0 radical (unpaired) electrons. The van der Waals surface area contributed by atoms with Crippen molar-refractivity contribution < 1.29 is 4.79 Å². The molecule has 20 heavy (non-hydrogen) atoms. The van der Waals surface area contributed by atoms with Crippen LogP contribution < -0.4 is 5.32 Å². The number of urea groups is 1. The molecule has 1 heterocycles. The molecule has 0 aliphatic carbocycles. The molecule has 1 unspecified atom stereocenters. The van der Waals surface area contributed by atoms with Crippen molar-refractivity contribution in [2.24, 2.45) is 0 Å². The Hall–Kier alpha value is -1.55. The Morgan fingerprint density at radius 2 is 1.90 bits per heavy atom. The highest BCUT2D eigenvalue weighted by atomic mass is 16.2. The van der Waals surface area contributed by atoms with Gasteiger partial charge in [0.25, 0.3) is 0 Å². The maximum absolute atomic E-state index is 12.3. The maximum Gasteiger partial charge on any atom is 0.321 e. The Bertz CT molecular complexity index is 453. The van der Waals surface area contributed by atoms with Crippen molar-refractivity contribution in [3.05, 3.63) is 29.8 Å². The average molecular weight is 275 g/mol. The van der Waals surface area contributed by atoms with Crippen LogP contribution in [0.5, 0.6) is 0 Å². The molecule has 0 bridgehead atoms. The van der Waals surface area contributed by atoms with Gasteiger partial charge in [-0.05, 0) is 31.9 Å². The van der Waals surface area contributed by atoms with Crippen molar-refractivity contribution in [2.75, 3.05) is 31.5 Å². The minimum atomic E-state index is 0.0168. The summed E-state index contributed by atoms with van der Waals surface area (Å²) in [5.74, 6) is 0. The largest absolute Gasteiger partial charge is 0.322 e. The molecule has 1 aliphatic heterocycles. The van der Waals surface area contributed by atoms with Crippen LogP contribution in [0.25, 0.3) is 0 Å². The van der Waals surface area contributed by atoms with Crippen LogP contribution in [0.15, 0.2) is 24.3 Å². The van der Waals surface area contributed by atoms with Gasteiger partial charge in [-0.2, -0.15) is 0 Å². The lowest BCUT2D eigenvalue weighted by atomic mass is 10.2. The highest BCUT2D eigenvalue weighted by molar-refractivity contribution is 5.90. The first kappa shape index (κ1) is 14.9. The number of para-hydroxylation sites is 1. The van der Waals surface area contributed by atoms with Crippen molar-refractivity contribution in [1.82, 2.24) is 9.80 Å². The minimum Gasteiger partial charge on any atom is -0.322 e. The summed E-state index contributed by atoms with van der Waals surface area (Å²) in [6.07, 6.45) is 1.16. The van der Waals surface area contributed by atoms with Gasteiger partial charge in [-0.25, -0.2) is 4.79 Å². The van der Waals surface area contributed by atoms with E-state index in [2.05, 4.69) is 24.1 Å². The molecule has 4 heteroatoms. The maximum atomic E-state index is 12.3. The summed E-state index contributed by atoms with van der Waals surface area (Å²) in [5, 5.41) is 3.01. The number of aryl methyl sites for hydroxylation is 1. The molecular formula is C16H25N3O. The molecule has 4 nitrogen and oxygen atoms in total. The van der Waals surface area contributed by atoms with Crippen molar-refractivity contribution >= 4 is 11.7 Å². The number of hydrogen-bond acceptors (Lipinski definition) is 2. The summed E-state index contributed by atoms with van der Waals surface area (Å²) >= 11 is 0. The topological polar surface area (TPSA) is 35.6 Å². The molecular weight excluding hydrogens is 250 g/mol. The molecule has 1 aromatic rings. The summed E-state index contributed by atoms with van der Waals surface area (Å²) in [5.41, 5.74) is 2.00. The van der Waals surface area contributed by atoms with Gasteiger partial charge in [-0.3, -0.25) is 4.90 Å². The number of anilines is 1. The van der Waals surface area contributed by atoms with Crippen molar-refractivity contribution in [3.63, 3.8) is 0 Å². The Labute approximate surface area is 121 Å². The molecule has 1 atom stereocenters. The fourth-order valence-electron chi connectivity index (χ4n) is 2.53. The molecule has 0 spiro atoms. The molecule has 0 saturated carbocycles. The van der Waals surface area contributed by atoms with Crippen LogP contribution in [0.2, 0.25) is 0 Å². The summed E-state index contributed by atoms with van der Waals surface area (Å²) in [7, 11) is 0. The third kappa shape index (κ3) is 3.51. The van der Waals surface area contributed by atoms with Gasteiger partial charge in [0.05, 0.1) is 0 Å². The molecule has 2 amide bonds. The monoisotopic (exact) mass is 275 g/mol. The van der Waals surface area contributed by atoms with Crippen molar-refractivity contribution in [2.45, 2.75) is 33.2 Å². The van der Waals surface area contributed by atoms with Gasteiger partial charge in [0, 0.05) is 37.9 Å². The number of benzene rings is 1. The van der Waals surface area contributed by atoms with E-state index in [-0.39, 0.29) is 6.03 Å². The first-order valence-electron chi connectivity index (χ1n) is 7.47. The van der Waals surface area contributed by atoms with E-state index in [4.69, 9.17) is 0 Å². The van der Waals surface area contributed by atoms with Gasteiger partial charge >= 0.3 is 6.03 Å². The average Bonchev–Trinajstić information content (AvgIpc) is 2.49. The lowest BCUT2D eigenvalue weighted by Crippen LogP contribution is -2.52. The second-order valence-corrected chi connectivity index (χ2v) is 5.53. The van der Waals surface area contributed by atoms with E-state index in [1.807, 2.05) is 36.1 Å². The number of carbonyl (C=O) groups excluding carboxylic acids is 1. The van der Waals surface area contributed by atoms with Gasteiger partial charge in [0.2, 0.25) is 0 Å². The van der Waals surface area contributed by atoms with E-state index in [9.17, 15) is 4.79 Å². The number of piperazine rings is 1. The van der Waals surface area contributed by atoms with Crippen LogP contribution in [0.1, 0.15) is 25.8 Å². The highest BCUT2D eigenvalue weighted by Gasteiger charge is 2.23. The van der Waals surface area contributed by atoms with E-state index in [0.29, 0.717) is 6.04 Å². The normalized spacial score (nSPS) is 17.9. The Balaban J connectivity index is 1.88. The van der Waals surface area contributed by atoms with Crippen LogP contribution >= 0.6 is 0 Å². The smallest absolute Gasteiger partial charge is 0.321 e. The van der Waals surface area contributed by atoms with E-state index >= 15 is 0 Å². The summed E-state index contributed by atoms with van der Waals surface area (Å²) < 4.78 is 0. The number of nitrogens with one attached hydrogen (secondary N) is 1. The van der Waals surface area contributed by atoms with E-state index in [0.717, 1.165) is 43.9 Å². The first-order chi connectivity index (χ1) is 9.61. The summed E-state index contributed by atoms with van der Waals surface area (Å²) in [6.45, 7) is 10.0. The van der Waals surface area contributed by atoms with E-state index in [1.54, 1.807) is 0 Å². The molecule has 2 rings (SSSR count). The third-order valence-corrected chi connectivity index (χ3v) is 4.20. The lowest BCUT2D eigenvalue weighted by Gasteiger charge is -2.37. The van der Waals surface area contributed by atoms with Crippen molar-refractivity contribution in [3.8, 4) is 0 Å². The molecule has 110 valence electrons. The second kappa shape index (κ2) is 6.75. The fraction of sp³-hybridized carbons (Fsp3) is 0.562. The molecule has 1 fully saturated rings. The Morgan fingerprint density at radius 3 is 2.50 bits per heavy atom. The number of rotatable bonds is 3. The predicted molar refractivity (Wildman–Crippen MR) is 83.1 cm³/mol. The SMILES string of the molecule is CCC(C)N1CCN(C(=O)Nc2ccccc2C)CC1. The quantitative estimate of drug-likeness (QED) is 0.920. The Kier molecular flexibility index (Phi) is 5.01. The van der Waals surface area contributed by atoms with E-state index in [1.165, 1.54) is 0 Å². The second-order valence-electron chi connectivity index (χ2n) is 5.53. The Morgan fingerprint density at radius 1 is 1.25 bits per heavy atom. The van der Waals surface area contributed by atoms with Gasteiger partial charge in [-0.15, -0.1) is 0 Å². The number of hydrogen-bond donors (Lipinski definition) is 1. The molecule has 1 aliphatic rings. The van der Waals surface area contributed by atoms with Crippen LogP contribution in [-0.2, 0) is 0 Å². The van der Waals surface area contributed by atoms with E-state index < -0.39 is 0 Å². The van der Waals surface area contributed by atoms with Crippen LogP contribution in [-0.4, -0.2) is 48.1 Å². The first-order valence-corrected chi connectivity index (χ1v) is 7.47. The van der Waals surface area contributed by atoms with Crippen LogP contribution in [0.4, 0.5) is 10.5 Å². The van der Waals surface area contributed by atoms with Gasteiger partial charge < -0.3 is 10.2 Å². The molecule has 1 saturated heterocycles. The van der Waals surface area contributed by atoms with Gasteiger partial charge in [0.15, 0.2) is 0 Å². The number of amides is 2. The molecule has 1 aromatic carbocycles. The predicted octanol–water partition coefficient (Wildman–Crippen LogP) is 2.94. The zero-order chi connectivity index (χ0) is 14.5. The van der Waals surface area contributed by atoms with Crippen LogP contribution in [0.3, 0.4) is 0 Å². The lowest BCUT2D eigenvalue weighted by molar-refractivity contribution is 0.117. The van der Waals surface area contributed by atoms with Crippen molar-refractivity contribution in [1.29, 1.82) is 0 Å². The van der Waals surface area contributed by atoms with Crippen LogP contribution in [0, 0.1) is 6.92 Å². The van der Waals surface area contributed by atoms with Gasteiger partial charge in [0.1, 0.15) is 0 Å². The minimum absolute atomic E-state index is 0.0168. The number of nitrogens with zero attached hydrogens (tertiary/aromatic N) is 2. The third-order valence-electron chi connectivity index (χ3n) is 4.20. The highest BCUT2D eigenvalue weighted by Crippen LogP contribution is 2.15. The summed E-state index contributed by atoms with van der Waals surface area (Å²) in [4.78, 5) is 16.6. The zero-order valence-electron chi connectivity index (χ0n) is 12.7. The zero-order valence-corrected chi connectivity index (χ0v) is 12.7. The number of carbonyl (C=O) groups is 1. The molecule has 1 N–H and O–H groups in total. The summed E-state index contributed by atoms with van der Waals surface area (Å²) in [6, 6.07) is 8.51. The fourth-order valence-corrected chi connectivity index (χ4v) is 2.53. The molecule has 0 aromatic heterocycles.